The van der Waals surface area contributed by atoms with E-state index in [-0.39, 0.29) is 43.0 Å². The molecule has 0 radical (unpaired) electrons. The smallest absolute Gasteiger partial charge is 0.246 e. The van der Waals surface area contributed by atoms with Gasteiger partial charge in [0, 0.05) is 26.5 Å². The van der Waals surface area contributed by atoms with E-state index in [0.717, 1.165) is 18.4 Å². The first kappa shape index (κ1) is 19.6. The summed E-state index contributed by atoms with van der Waals surface area (Å²) in [5.74, 6) is -0.312. The van der Waals surface area contributed by atoms with Crippen molar-refractivity contribution in [2.24, 2.45) is 0 Å². The third kappa shape index (κ3) is 4.06. The van der Waals surface area contributed by atoms with Gasteiger partial charge in [-0.1, -0.05) is 30.3 Å². The predicted molar refractivity (Wildman–Crippen MR) is 103 cm³/mol. The van der Waals surface area contributed by atoms with Crippen LogP contribution in [-0.4, -0.2) is 60.8 Å². The molecule has 2 aliphatic rings. The van der Waals surface area contributed by atoms with Gasteiger partial charge >= 0.3 is 0 Å². The Morgan fingerprint density at radius 1 is 1.26 bits per heavy atom. The van der Waals surface area contributed by atoms with Crippen LogP contribution in [0.25, 0.3) is 5.57 Å². The van der Waals surface area contributed by atoms with E-state index in [4.69, 9.17) is 4.74 Å². The van der Waals surface area contributed by atoms with Crippen molar-refractivity contribution in [2.75, 3.05) is 26.9 Å². The first-order chi connectivity index (χ1) is 13.1. The van der Waals surface area contributed by atoms with E-state index in [1.54, 1.807) is 4.90 Å². The number of allylic oxidation sites excluding steroid dienone is 2. The van der Waals surface area contributed by atoms with Crippen LogP contribution >= 0.6 is 0 Å². The van der Waals surface area contributed by atoms with Gasteiger partial charge in [0.2, 0.25) is 11.8 Å². The van der Waals surface area contributed by atoms with E-state index in [1.165, 1.54) is 31.6 Å². The number of ether oxygens (including phenoxy) is 1. The number of nitrogens with zero attached hydrogens (tertiary/aromatic N) is 1. The van der Waals surface area contributed by atoms with Crippen LogP contribution in [0, 0.1) is 0 Å². The zero-order valence-corrected chi connectivity index (χ0v) is 16.0. The maximum atomic E-state index is 12.1. The minimum Gasteiger partial charge on any atom is -0.394 e. The molecule has 1 saturated heterocycles. The molecule has 1 heterocycles. The molecule has 1 aromatic rings. The van der Waals surface area contributed by atoms with Gasteiger partial charge in [-0.25, -0.2) is 0 Å². The van der Waals surface area contributed by atoms with E-state index < -0.39 is 0 Å². The number of carbonyl (C=O) groups is 2. The van der Waals surface area contributed by atoms with Crippen molar-refractivity contribution < 1.29 is 19.4 Å². The SMILES string of the molecule is COCC(=O)NC[C@H]1[C@H](c2ccc(C3=CCCC3)cc2)[C@@H](CO)N1C(C)=O. The molecule has 3 rings (SSSR count). The van der Waals surface area contributed by atoms with Crippen LogP contribution in [0.3, 0.4) is 0 Å². The average Bonchev–Trinajstić information content (AvgIpc) is 3.16. The second kappa shape index (κ2) is 8.67. The van der Waals surface area contributed by atoms with Crippen LogP contribution in [0.15, 0.2) is 30.3 Å². The highest BCUT2D eigenvalue weighted by Crippen LogP contribution is 2.41. The number of methoxy groups -OCH3 is 1. The van der Waals surface area contributed by atoms with E-state index in [2.05, 4.69) is 35.7 Å². The molecule has 27 heavy (non-hydrogen) atoms. The van der Waals surface area contributed by atoms with Crippen LogP contribution in [0.4, 0.5) is 0 Å². The summed E-state index contributed by atoms with van der Waals surface area (Å²) in [6.45, 7) is 1.73. The highest BCUT2D eigenvalue weighted by atomic mass is 16.5. The molecule has 6 nitrogen and oxygen atoms in total. The zero-order valence-electron chi connectivity index (χ0n) is 16.0. The summed E-state index contributed by atoms with van der Waals surface area (Å²) < 4.78 is 4.84. The Kier molecular flexibility index (Phi) is 6.29. The molecule has 1 aliphatic heterocycles. The number of aliphatic hydroxyl groups is 1. The van der Waals surface area contributed by atoms with Gasteiger partial charge in [0.05, 0.1) is 18.7 Å². The van der Waals surface area contributed by atoms with Crippen LogP contribution in [0.5, 0.6) is 0 Å². The quantitative estimate of drug-likeness (QED) is 0.763. The molecule has 1 fully saturated rings. The molecule has 1 aromatic carbocycles. The largest absolute Gasteiger partial charge is 0.394 e. The molecular formula is C21H28N2O4. The van der Waals surface area contributed by atoms with Gasteiger partial charge < -0.3 is 20.1 Å². The summed E-state index contributed by atoms with van der Waals surface area (Å²) in [4.78, 5) is 25.5. The summed E-state index contributed by atoms with van der Waals surface area (Å²) in [5.41, 5.74) is 3.71. The van der Waals surface area contributed by atoms with E-state index in [1.807, 2.05) is 0 Å². The van der Waals surface area contributed by atoms with Crippen molar-refractivity contribution >= 4 is 17.4 Å². The van der Waals surface area contributed by atoms with Crippen LogP contribution in [0.2, 0.25) is 0 Å². The number of carbonyl (C=O) groups excluding carboxylic acids is 2. The minimum atomic E-state index is -0.261. The van der Waals surface area contributed by atoms with Gasteiger partial charge in [-0.3, -0.25) is 9.59 Å². The van der Waals surface area contributed by atoms with Gasteiger partial charge in [-0.2, -0.15) is 0 Å². The van der Waals surface area contributed by atoms with Crippen LogP contribution < -0.4 is 5.32 Å². The lowest BCUT2D eigenvalue weighted by Gasteiger charge is -2.54. The van der Waals surface area contributed by atoms with Gasteiger partial charge in [-0.15, -0.1) is 0 Å². The molecule has 1 aliphatic carbocycles. The molecule has 6 heteroatoms. The monoisotopic (exact) mass is 372 g/mol. The van der Waals surface area contributed by atoms with Crippen molar-refractivity contribution in [1.82, 2.24) is 10.2 Å². The van der Waals surface area contributed by atoms with Crippen LogP contribution in [-0.2, 0) is 14.3 Å². The standard InChI is InChI=1S/C21H28N2O4/c1-14(25)23-18(11-22-20(26)13-27-2)21(19(23)12-24)17-9-7-16(8-10-17)15-5-3-4-6-15/h5,7-10,18-19,21,24H,3-4,6,11-13H2,1-2H3,(H,22,26)/t18-,19+,21-/m0/s1. The first-order valence-corrected chi connectivity index (χ1v) is 9.51. The Labute approximate surface area is 160 Å². The molecule has 3 atom stereocenters. The Morgan fingerprint density at radius 3 is 2.56 bits per heavy atom. The number of rotatable bonds is 7. The molecule has 0 spiro atoms. The Balaban J connectivity index is 1.77. The number of amides is 2. The fourth-order valence-electron chi connectivity index (χ4n) is 4.34. The van der Waals surface area contributed by atoms with Crippen molar-refractivity contribution in [1.29, 1.82) is 0 Å². The minimum absolute atomic E-state index is 0.00616. The molecule has 0 bridgehead atoms. The average molecular weight is 372 g/mol. The molecule has 2 N–H and O–H groups in total. The first-order valence-electron chi connectivity index (χ1n) is 9.51. The van der Waals surface area contributed by atoms with Gasteiger partial charge in [0.15, 0.2) is 0 Å². The summed E-state index contributed by atoms with van der Waals surface area (Å²) in [5, 5.41) is 12.7. The number of benzene rings is 1. The fraction of sp³-hybridized carbons (Fsp3) is 0.524. The second-order valence-corrected chi connectivity index (χ2v) is 7.25. The zero-order chi connectivity index (χ0) is 19.4. The Bertz CT molecular complexity index is 713. The predicted octanol–water partition coefficient (Wildman–Crippen LogP) is 1.69. The Morgan fingerprint density at radius 2 is 2.00 bits per heavy atom. The van der Waals surface area contributed by atoms with Crippen molar-refractivity contribution in [2.45, 2.75) is 44.2 Å². The van der Waals surface area contributed by atoms with Crippen LogP contribution in [0.1, 0.15) is 43.2 Å². The third-order valence-corrected chi connectivity index (χ3v) is 5.59. The number of hydrogen-bond acceptors (Lipinski definition) is 4. The lowest BCUT2D eigenvalue weighted by atomic mass is 9.74. The lowest BCUT2D eigenvalue weighted by Crippen LogP contribution is -2.68. The van der Waals surface area contributed by atoms with Gasteiger partial charge in [0.25, 0.3) is 0 Å². The summed E-state index contributed by atoms with van der Waals surface area (Å²) in [7, 11) is 1.47. The summed E-state index contributed by atoms with van der Waals surface area (Å²) in [6, 6.07) is 7.99. The molecule has 2 amide bonds. The number of aliphatic hydroxyl groups excluding tert-OH is 1. The van der Waals surface area contributed by atoms with Crippen molar-refractivity contribution in [3.05, 3.63) is 41.5 Å². The van der Waals surface area contributed by atoms with Crippen molar-refractivity contribution in [3.63, 3.8) is 0 Å². The van der Waals surface area contributed by atoms with E-state index in [9.17, 15) is 14.7 Å². The third-order valence-electron chi connectivity index (χ3n) is 5.59. The van der Waals surface area contributed by atoms with Gasteiger partial charge in [0.1, 0.15) is 6.61 Å². The molecule has 146 valence electrons. The van der Waals surface area contributed by atoms with Crippen molar-refractivity contribution in [3.8, 4) is 0 Å². The van der Waals surface area contributed by atoms with E-state index in [0.29, 0.717) is 6.54 Å². The maximum Gasteiger partial charge on any atom is 0.246 e. The summed E-state index contributed by atoms with van der Waals surface area (Å²) >= 11 is 0. The van der Waals surface area contributed by atoms with Gasteiger partial charge in [-0.05, 0) is 36.0 Å². The Hall–Kier alpha value is -2.18. The molecular weight excluding hydrogens is 344 g/mol. The molecule has 0 aromatic heterocycles. The topological polar surface area (TPSA) is 78.9 Å². The van der Waals surface area contributed by atoms with E-state index >= 15 is 0 Å². The summed E-state index contributed by atoms with van der Waals surface area (Å²) in [6.07, 6.45) is 5.76. The highest BCUT2D eigenvalue weighted by molar-refractivity contribution is 5.78. The highest BCUT2D eigenvalue weighted by Gasteiger charge is 2.49. The second-order valence-electron chi connectivity index (χ2n) is 7.25. The normalized spacial score (nSPS) is 24.3. The molecule has 0 saturated carbocycles. The lowest BCUT2D eigenvalue weighted by molar-refractivity contribution is -0.148. The number of nitrogens with one attached hydrogen (secondary N) is 1. The molecule has 0 unspecified atom stereocenters. The number of likely N-dealkylation sites (tertiary alicyclic amines) is 1. The number of hydrogen-bond donors (Lipinski definition) is 2. The fourth-order valence-corrected chi connectivity index (χ4v) is 4.34. The maximum absolute atomic E-state index is 12.1.